The number of fused-ring (bicyclic) bond motifs is 1. The largest absolute Gasteiger partial charge is 0.341 e. The molecule has 3 N–H and O–H groups in total. The van der Waals surface area contributed by atoms with Crippen LogP contribution in [0.1, 0.15) is 13.3 Å². The SMILES string of the molecule is C[NH2+]CC(=O)N1c2ccccc2NC(=O)C[C@H]1C. The first-order valence-electron chi connectivity index (χ1n) is 6.12. The molecule has 5 heteroatoms. The van der Waals surface area contributed by atoms with Gasteiger partial charge in [0, 0.05) is 12.5 Å². The van der Waals surface area contributed by atoms with Crippen LogP contribution in [0.2, 0.25) is 0 Å². The normalized spacial score (nSPS) is 18.9. The van der Waals surface area contributed by atoms with E-state index in [1.54, 1.807) is 4.90 Å². The smallest absolute Gasteiger partial charge is 0.282 e. The molecule has 2 amide bonds. The van der Waals surface area contributed by atoms with Crippen molar-refractivity contribution in [1.82, 2.24) is 0 Å². The molecular formula is C13H18N3O2+. The first-order valence-corrected chi connectivity index (χ1v) is 6.12. The lowest BCUT2D eigenvalue weighted by molar-refractivity contribution is -0.615. The molecule has 1 heterocycles. The average Bonchev–Trinajstić information content (AvgIpc) is 2.43. The number of hydrogen-bond acceptors (Lipinski definition) is 2. The summed E-state index contributed by atoms with van der Waals surface area (Å²) in [6.45, 7) is 2.28. The van der Waals surface area contributed by atoms with Crippen LogP contribution < -0.4 is 15.5 Å². The van der Waals surface area contributed by atoms with Gasteiger partial charge in [-0.1, -0.05) is 12.1 Å². The number of rotatable bonds is 2. The molecule has 0 aliphatic carbocycles. The van der Waals surface area contributed by atoms with Crippen molar-refractivity contribution >= 4 is 23.2 Å². The number of likely N-dealkylation sites (N-methyl/N-ethyl adjacent to an activating group) is 1. The molecule has 1 atom stereocenters. The molecule has 0 fully saturated rings. The lowest BCUT2D eigenvalue weighted by Crippen LogP contribution is -2.82. The summed E-state index contributed by atoms with van der Waals surface area (Å²) in [5, 5.41) is 4.67. The Bertz CT molecular complexity index is 473. The van der Waals surface area contributed by atoms with Crippen LogP contribution in [0, 0.1) is 0 Å². The highest BCUT2D eigenvalue weighted by Crippen LogP contribution is 2.30. The number of hydrogen-bond donors (Lipinski definition) is 2. The molecule has 0 radical (unpaired) electrons. The highest BCUT2D eigenvalue weighted by molar-refractivity contribution is 6.04. The molecule has 0 saturated heterocycles. The fourth-order valence-corrected chi connectivity index (χ4v) is 2.24. The van der Waals surface area contributed by atoms with Gasteiger partial charge in [0.15, 0.2) is 6.54 Å². The van der Waals surface area contributed by atoms with Gasteiger partial charge in [0.1, 0.15) is 0 Å². The van der Waals surface area contributed by atoms with Crippen molar-refractivity contribution in [2.24, 2.45) is 0 Å². The zero-order valence-electron chi connectivity index (χ0n) is 10.6. The van der Waals surface area contributed by atoms with E-state index in [9.17, 15) is 9.59 Å². The van der Waals surface area contributed by atoms with Crippen LogP contribution >= 0.6 is 0 Å². The number of quaternary nitrogens is 1. The van der Waals surface area contributed by atoms with E-state index in [-0.39, 0.29) is 17.9 Å². The van der Waals surface area contributed by atoms with Gasteiger partial charge >= 0.3 is 0 Å². The number of carbonyl (C=O) groups excluding carboxylic acids is 2. The predicted molar refractivity (Wildman–Crippen MR) is 69.4 cm³/mol. The minimum absolute atomic E-state index is 0.0222. The second-order valence-electron chi connectivity index (χ2n) is 4.49. The summed E-state index contributed by atoms with van der Waals surface area (Å²) in [7, 11) is 1.86. The molecular weight excluding hydrogens is 230 g/mol. The highest BCUT2D eigenvalue weighted by atomic mass is 16.2. The summed E-state index contributed by atoms with van der Waals surface area (Å²) in [6, 6.07) is 7.29. The van der Waals surface area contributed by atoms with E-state index in [2.05, 4.69) is 5.32 Å². The van der Waals surface area contributed by atoms with Crippen molar-refractivity contribution in [2.45, 2.75) is 19.4 Å². The molecule has 96 valence electrons. The van der Waals surface area contributed by atoms with Crippen LogP contribution in [0.4, 0.5) is 11.4 Å². The summed E-state index contributed by atoms with van der Waals surface area (Å²) in [5.41, 5.74) is 1.49. The molecule has 0 bridgehead atoms. The maximum absolute atomic E-state index is 12.2. The molecule has 0 aromatic heterocycles. The van der Waals surface area contributed by atoms with Crippen molar-refractivity contribution < 1.29 is 14.9 Å². The fourth-order valence-electron chi connectivity index (χ4n) is 2.24. The topological polar surface area (TPSA) is 66.0 Å². The summed E-state index contributed by atoms with van der Waals surface area (Å²) >= 11 is 0. The van der Waals surface area contributed by atoms with Gasteiger partial charge in [-0.15, -0.1) is 0 Å². The van der Waals surface area contributed by atoms with Crippen molar-refractivity contribution in [3.8, 4) is 0 Å². The Morgan fingerprint density at radius 3 is 2.94 bits per heavy atom. The van der Waals surface area contributed by atoms with Crippen LogP contribution in [-0.2, 0) is 9.59 Å². The summed E-state index contributed by atoms with van der Waals surface area (Å²) in [4.78, 5) is 25.6. The Balaban J connectivity index is 2.43. The van der Waals surface area contributed by atoms with Gasteiger partial charge in [-0.25, -0.2) is 0 Å². The third-order valence-corrected chi connectivity index (χ3v) is 3.01. The summed E-state index contributed by atoms with van der Waals surface area (Å²) < 4.78 is 0. The van der Waals surface area contributed by atoms with E-state index in [0.717, 1.165) is 5.69 Å². The number of carbonyl (C=O) groups is 2. The molecule has 0 unspecified atom stereocenters. The quantitative estimate of drug-likeness (QED) is 0.770. The zero-order chi connectivity index (χ0) is 13.1. The minimum Gasteiger partial charge on any atom is -0.341 e. The van der Waals surface area contributed by atoms with Crippen LogP contribution in [0.15, 0.2) is 24.3 Å². The van der Waals surface area contributed by atoms with Gasteiger partial charge in [0.2, 0.25) is 5.91 Å². The molecule has 1 aromatic rings. The first kappa shape index (κ1) is 12.6. The Hall–Kier alpha value is -1.88. The van der Waals surface area contributed by atoms with Gasteiger partial charge in [-0.2, -0.15) is 0 Å². The number of para-hydroxylation sites is 2. The number of nitrogens with one attached hydrogen (secondary N) is 1. The maximum atomic E-state index is 12.2. The van der Waals surface area contributed by atoms with Gasteiger partial charge < -0.3 is 15.5 Å². The average molecular weight is 248 g/mol. The van der Waals surface area contributed by atoms with E-state index < -0.39 is 0 Å². The highest BCUT2D eigenvalue weighted by Gasteiger charge is 2.29. The lowest BCUT2D eigenvalue weighted by Gasteiger charge is -2.26. The molecule has 18 heavy (non-hydrogen) atoms. The third-order valence-electron chi connectivity index (χ3n) is 3.01. The number of nitrogens with zero attached hydrogens (tertiary/aromatic N) is 1. The fraction of sp³-hybridized carbons (Fsp3) is 0.385. The Morgan fingerprint density at radius 1 is 1.50 bits per heavy atom. The monoisotopic (exact) mass is 248 g/mol. The number of benzene rings is 1. The molecule has 2 rings (SSSR count). The van der Waals surface area contributed by atoms with Crippen LogP contribution in [0.25, 0.3) is 0 Å². The predicted octanol–water partition coefficient (Wildman–Crippen LogP) is -0.0565. The van der Waals surface area contributed by atoms with Crippen LogP contribution in [-0.4, -0.2) is 31.4 Å². The lowest BCUT2D eigenvalue weighted by atomic mass is 10.1. The summed E-state index contributed by atoms with van der Waals surface area (Å²) in [5.74, 6) is -0.0281. The molecule has 1 aliphatic heterocycles. The van der Waals surface area contributed by atoms with Gasteiger partial charge in [-0.05, 0) is 19.1 Å². The maximum Gasteiger partial charge on any atom is 0.282 e. The van der Waals surface area contributed by atoms with Crippen molar-refractivity contribution in [3.63, 3.8) is 0 Å². The molecule has 1 aliphatic rings. The third kappa shape index (κ3) is 2.36. The minimum atomic E-state index is -0.124. The summed E-state index contributed by atoms with van der Waals surface area (Å²) in [6.07, 6.45) is 0.324. The van der Waals surface area contributed by atoms with E-state index >= 15 is 0 Å². The number of amides is 2. The van der Waals surface area contributed by atoms with Crippen molar-refractivity contribution in [1.29, 1.82) is 0 Å². The Morgan fingerprint density at radius 2 is 2.22 bits per heavy atom. The molecule has 1 aromatic carbocycles. The number of anilines is 2. The molecule has 0 saturated carbocycles. The Labute approximate surface area is 106 Å². The van der Waals surface area contributed by atoms with Gasteiger partial charge in [0.25, 0.3) is 5.91 Å². The van der Waals surface area contributed by atoms with Gasteiger partial charge in [-0.3, -0.25) is 9.59 Å². The molecule has 5 nitrogen and oxygen atoms in total. The number of nitrogens with two attached hydrogens (primary N) is 1. The zero-order valence-corrected chi connectivity index (χ0v) is 10.6. The Kier molecular flexibility index (Phi) is 3.62. The van der Waals surface area contributed by atoms with E-state index in [4.69, 9.17) is 0 Å². The van der Waals surface area contributed by atoms with E-state index in [0.29, 0.717) is 18.7 Å². The van der Waals surface area contributed by atoms with Crippen LogP contribution in [0.5, 0.6) is 0 Å². The van der Waals surface area contributed by atoms with Crippen molar-refractivity contribution in [3.05, 3.63) is 24.3 Å². The molecule has 0 spiro atoms. The van der Waals surface area contributed by atoms with Gasteiger partial charge in [0.05, 0.1) is 18.4 Å². The van der Waals surface area contributed by atoms with E-state index in [1.165, 1.54) is 0 Å². The van der Waals surface area contributed by atoms with Crippen LogP contribution in [0.3, 0.4) is 0 Å². The standard InChI is InChI=1S/C13H17N3O2/c1-9-7-12(17)15-10-5-3-4-6-11(10)16(9)13(18)8-14-2/h3-6,9,14H,7-8H2,1-2H3,(H,15,17)/p+1/t9-/m1/s1. The van der Waals surface area contributed by atoms with E-state index in [1.807, 2.05) is 43.6 Å². The first-order chi connectivity index (χ1) is 8.63. The van der Waals surface area contributed by atoms with Crippen molar-refractivity contribution in [2.75, 3.05) is 23.8 Å². The second kappa shape index (κ2) is 5.18. The second-order valence-corrected chi connectivity index (χ2v) is 4.49.